The van der Waals surface area contributed by atoms with Gasteiger partial charge in [0.1, 0.15) is 0 Å². The van der Waals surface area contributed by atoms with Crippen molar-refractivity contribution in [2.24, 2.45) is 5.92 Å². The molecule has 1 aromatic rings. The van der Waals surface area contributed by atoms with E-state index in [1.165, 1.54) is 6.42 Å². The van der Waals surface area contributed by atoms with Crippen LogP contribution >= 0.6 is 0 Å². The Kier molecular flexibility index (Phi) is 6.71. The lowest BCUT2D eigenvalue weighted by Crippen LogP contribution is -2.53. The SMILES string of the molecule is CCC1CCCCN1C(=O)C(C)N1CCC(C(O)c2ccccc2)CC1. The molecule has 1 aromatic carbocycles. The van der Waals surface area contributed by atoms with Gasteiger partial charge in [-0.3, -0.25) is 9.69 Å². The molecule has 3 atom stereocenters. The van der Waals surface area contributed by atoms with E-state index in [0.29, 0.717) is 11.9 Å². The molecule has 4 nitrogen and oxygen atoms in total. The van der Waals surface area contributed by atoms with Crippen LogP contribution in [0.2, 0.25) is 0 Å². The number of carbonyl (C=O) groups excluding carboxylic acids is 1. The van der Waals surface area contributed by atoms with Crippen molar-refractivity contribution in [3.63, 3.8) is 0 Å². The minimum Gasteiger partial charge on any atom is -0.388 e. The number of likely N-dealkylation sites (tertiary alicyclic amines) is 2. The van der Waals surface area contributed by atoms with E-state index in [2.05, 4.69) is 23.6 Å². The normalized spacial score (nSPS) is 25.0. The topological polar surface area (TPSA) is 43.8 Å². The maximum Gasteiger partial charge on any atom is 0.239 e. The molecule has 2 saturated heterocycles. The number of piperidine rings is 2. The highest BCUT2D eigenvalue weighted by Crippen LogP contribution is 2.31. The van der Waals surface area contributed by atoms with Crippen LogP contribution in [0.15, 0.2) is 30.3 Å². The predicted molar refractivity (Wildman–Crippen MR) is 105 cm³/mol. The Morgan fingerprint density at radius 1 is 1.12 bits per heavy atom. The van der Waals surface area contributed by atoms with Gasteiger partial charge < -0.3 is 10.0 Å². The molecule has 2 heterocycles. The van der Waals surface area contributed by atoms with Gasteiger partial charge in [0.2, 0.25) is 5.91 Å². The van der Waals surface area contributed by atoms with E-state index in [-0.39, 0.29) is 12.0 Å². The zero-order valence-electron chi connectivity index (χ0n) is 16.3. The highest BCUT2D eigenvalue weighted by Gasteiger charge is 2.34. The second kappa shape index (κ2) is 9.01. The summed E-state index contributed by atoms with van der Waals surface area (Å²) in [6, 6.07) is 10.3. The smallest absolute Gasteiger partial charge is 0.239 e. The molecular weight excluding hydrogens is 324 g/mol. The molecule has 2 aliphatic heterocycles. The monoisotopic (exact) mass is 358 g/mol. The standard InChI is InChI=1S/C22H34N2O2/c1-3-20-11-7-8-14-24(20)22(26)17(2)23-15-12-19(13-16-23)21(25)18-9-5-4-6-10-18/h4-6,9-10,17,19-21,25H,3,7-8,11-16H2,1-2H3. The van der Waals surface area contributed by atoms with Crippen molar-refractivity contribution in [2.75, 3.05) is 19.6 Å². The Bertz CT molecular complexity index is 569. The number of benzene rings is 1. The number of nitrogens with zero attached hydrogens (tertiary/aromatic N) is 2. The Hall–Kier alpha value is -1.39. The van der Waals surface area contributed by atoms with Crippen molar-refractivity contribution in [2.45, 2.75) is 70.6 Å². The van der Waals surface area contributed by atoms with E-state index in [9.17, 15) is 9.90 Å². The average Bonchev–Trinajstić information content (AvgIpc) is 2.73. The summed E-state index contributed by atoms with van der Waals surface area (Å²) in [5.41, 5.74) is 1.01. The molecule has 2 fully saturated rings. The van der Waals surface area contributed by atoms with Crippen LogP contribution in [0.4, 0.5) is 0 Å². The van der Waals surface area contributed by atoms with E-state index in [4.69, 9.17) is 0 Å². The van der Waals surface area contributed by atoms with Gasteiger partial charge in [-0.25, -0.2) is 0 Å². The minimum atomic E-state index is -0.393. The first-order valence-corrected chi connectivity index (χ1v) is 10.4. The van der Waals surface area contributed by atoms with Gasteiger partial charge in [-0.1, -0.05) is 37.3 Å². The third-order valence-corrected chi connectivity index (χ3v) is 6.45. The second-order valence-corrected chi connectivity index (χ2v) is 7.99. The zero-order valence-corrected chi connectivity index (χ0v) is 16.3. The number of hydrogen-bond acceptors (Lipinski definition) is 3. The molecule has 3 rings (SSSR count). The lowest BCUT2D eigenvalue weighted by Gasteiger charge is -2.41. The molecule has 26 heavy (non-hydrogen) atoms. The number of aliphatic hydroxyl groups excluding tert-OH is 1. The van der Waals surface area contributed by atoms with Crippen LogP contribution in [0.25, 0.3) is 0 Å². The first-order chi connectivity index (χ1) is 12.6. The molecule has 0 bridgehead atoms. The zero-order chi connectivity index (χ0) is 18.5. The van der Waals surface area contributed by atoms with Crippen LogP contribution in [-0.4, -0.2) is 52.5 Å². The Balaban J connectivity index is 1.54. The molecular formula is C22H34N2O2. The van der Waals surface area contributed by atoms with E-state index in [0.717, 1.165) is 57.3 Å². The lowest BCUT2D eigenvalue weighted by atomic mass is 9.87. The molecule has 2 aliphatic rings. The summed E-state index contributed by atoms with van der Waals surface area (Å²) < 4.78 is 0. The van der Waals surface area contributed by atoms with Gasteiger partial charge in [-0.15, -0.1) is 0 Å². The van der Waals surface area contributed by atoms with Crippen molar-refractivity contribution < 1.29 is 9.90 Å². The van der Waals surface area contributed by atoms with Crippen molar-refractivity contribution in [1.82, 2.24) is 9.80 Å². The molecule has 4 heteroatoms. The molecule has 144 valence electrons. The summed E-state index contributed by atoms with van der Waals surface area (Å²) in [5, 5.41) is 10.7. The van der Waals surface area contributed by atoms with E-state index >= 15 is 0 Å². The number of amides is 1. The van der Waals surface area contributed by atoms with Gasteiger partial charge in [0.15, 0.2) is 0 Å². The van der Waals surface area contributed by atoms with Gasteiger partial charge in [0, 0.05) is 12.6 Å². The molecule has 0 aliphatic carbocycles. The van der Waals surface area contributed by atoms with E-state index < -0.39 is 6.10 Å². The molecule has 0 aromatic heterocycles. The molecule has 0 radical (unpaired) electrons. The van der Waals surface area contributed by atoms with Gasteiger partial charge in [0.05, 0.1) is 12.1 Å². The third kappa shape index (κ3) is 4.29. The lowest BCUT2D eigenvalue weighted by molar-refractivity contribution is -0.141. The van der Waals surface area contributed by atoms with Gasteiger partial charge in [-0.2, -0.15) is 0 Å². The Morgan fingerprint density at radius 2 is 1.81 bits per heavy atom. The fraction of sp³-hybridized carbons (Fsp3) is 0.682. The highest BCUT2D eigenvalue weighted by atomic mass is 16.3. The second-order valence-electron chi connectivity index (χ2n) is 7.99. The van der Waals surface area contributed by atoms with Gasteiger partial charge >= 0.3 is 0 Å². The van der Waals surface area contributed by atoms with Crippen molar-refractivity contribution in [1.29, 1.82) is 0 Å². The number of carbonyl (C=O) groups is 1. The van der Waals surface area contributed by atoms with Gasteiger partial charge in [0.25, 0.3) is 0 Å². The third-order valence-electron chi connectivity index (χ3n) is 6.45. The fourth-order valence-corrected chi connectivity index (χ4v) is 4.66. The number of aliphatic hydroxyl groups is 1. The molecule has 0 saturated carbocycles. The molecule has 0 spiro atoms. The quantitative estimate of drug-likeness (QED) is 0.874. The molecule has 3 unspecified atom stereocenters. The van der Waals surface area contributed by atoms with Crippen LogP contribution in [0.5, 0.6) is 0 Å². The van der Waals surface area contributed by atoms with Gasteiger partial charge in [-0.05, 0) is 70.0 Å². The van der Waals surface area contributed by atoms with E-state index in [1.54, 1.807) is 0 Å². The summed E-state index contributed by atoms with van der Waals surface area (Å²) in [5.74, 6) is 0.591. The summed E-state index contributed by atoms with van der Waals surface area (Å²) in [6.45, 7) is 6.97. The van der Waals surface area contributed by atoms with Crippen molar-refractivity contribution in [3.8, 4) is 0 Å². The van der Waals surface area contributed by atoms with Crippen LogP contribution in [0.3, 0.4) is 0 Å². The maximum atomic E-state index is 13.0. The molecule has 1 amide bonds. The van der Waals surface area contributed by atoms with Crippen LogP contribution in [0.1, 0.15) is 64.0 Å². The van der Waals surface area contributed by atoms with Crippen molar-refractivity contribution in [3.05, 3.63) is 35.9 Å². The summed E-state index contributed by atoms with van der Waals surface area (Å²) in [7, 11) is 0. The van der Waals surface area contributed by atoms with Crippen LogP contribution in [0, 0.1) is 5.92 Å². The van der Waals surface area contributed by atoms with Crippen LogP contribution in [-0.2, 0) is 4.79 Å². The average molecular weight is 359 g/mol. The highest BCUT2D eigenvalue weighted by molar-refractivity contribution is 5.82. The number of rotatable bonds is 5. The minimum absolute atomic E-state index is 0.0445. The largest absolute Gasteiger partial charge is 0.388 e. The Labute approximate surface area is 158 Å². The first kappa shape index (κ1) is 19.4. The predicted octanol–water partition coefficient (Wildman–Crippen LogP) is 3.61. The number of hydrogen-bond donors (Lipinski definition) is 1. The maximum absolute atomic E-state index is 13.0. The van der Waals surface area contributed by atoms with E-state index in [1.807, 2.05) is 30.3 Å². The fourth-order valence-electron chi connectivity index (χ4n) is 4.66. The summed E-state index contributed by atoms with van der Waals surface area (Å²) >= 11 is 0. The first-order valence-electron chi connectivity index (χ1n) is 10.4. The summed E-state index contributed by atoms with van der Waals surface area (Å²) in [6.07, 6.45) is 6.11. The summed E-state index contributed by atoms with van der Waals surface area (Å²) in [4.78, 5) is 17.5. The van der Waals surface area contributed by atoms with Crippen LogP contribution < -0.4 is 0 Å². The molecule has 1 N–H and O–H groups in total. The Morgan fingerprint density at radius 3 is 2.46 bits per heavy atom. The van der Waals surface area contributed by atoms with Crippen molar-refractivity contribution >= 4 is 5.91 Å².